The molecule has 0 saturated heterocycles. The second-order valence-electron chi connectivity index (χ2n) is 6.85. The Morgan fingerprint density at radius 2 is 2.10 bits per heavy atom. The smallest absolute Gasteiger partial charge is 0.419 e. The Morgan fingerprint density at radius 1 is 1.24 bits per heavy atom. The lowest BCUT2D eigenvalue weighted by Crippen LogP contribution is -2.26. The second kappa shape index (κ2) is 8.48. The van der Waals surface area contributed by atoms with Gasteiger partial charge in [0, 0.05) is 25.1 Å². The maximum atomic E-state index is 13.8. The Morgan fingerprint density at radius 3 is 3.00 bits per heavy atom. The number of ether oxygens (including phenoxy) is 2. The molecule has 7 nitrogen and oxygen atoms in total. The van der Waals surface area contributed by atoms with Gasteiger partial charge in [0.2, 0.25) is 5.91 Å². The van der Waals surface area contributed by atoms with Crippen LogP contribution in [0.2, 0.25) is 0 Å². The Bertz CT molecular complexity index is 1090. The lowest BCUT2D eigenvalue weighted by molar-refractivity contribution is -0.121. The molecule has 0 saturated carbocycles. The van der Waals surface area contributed by atoms with Crippen LogP contribution in [0.15, 0.2) is 45.6 Å². The highest BCUT2D eigenvalue weighted by atomic mass is 19.1. The molecule has 0 fully saturated rings. The first-order chi connectivity index (χ1) is 14.1. The number of oxazole rings is 1. The first kappa shape index (κ1) is 19.2. The number of amides is 1. The van der Waals surface area contributed by atoms with Crippen molar-refractivity contribution in [3.63, 3.8) is 0 Å². The average Bonchev–Trinajstić information content (AvgIpc) is 3.03. The summed E-state index contributed by atoms with van der Waals surface area (Å²) in [6.45, 7) is 1.22. The minimum Gasteiger partial charge on any atom is -0.467 e. The Hall–Kier alpha value is -3.13. The van der Waals surface area contributed by atoms with E-state index < -0.39 is 5.76 Å². The van der Waals surface area contributed by atoms with Crippen LogP contribution in [0.25, 0.3) is 11.1 Å². The van der Waals surface area contributed by atoms with Crippen LogP contribution in [0.5, 0.6) is 5.75 Å². The molecule has 29 heavy (non-hydrogen) atoms. The minimum atomic E-state index is -0.425. The van der Waals surface area contributed by atoms with E-state index >= 15 is 0 Å². The van der Waals surface area contributed by atoms with Gasteiger partial charge in [-0.1, -0.05) is 12.1 Å². The van der Waals surface area contributed by atoms with Crippen molar-refractivity contribution in [1.82, 2.24) is 9.88 Å². The molecular weight excluding hydrogens is 379 g/mol. The van der Waals surface area contributed by atoms with Gasteiger partial charge in [-0.25, -0.2) is 9.18 Å². The van der Waals surface area contributed by atoms with Crippen LogP contribution in [-0.4, -0.2) is 23.8 Å². The SMILES string of the molecule is O=C(CCCn1c(=O)oc2ccccc21)NCCc1cc(F)cc2c1OCOC2. The van der Waals surface area contributed by atoms with E-state index in [1.54, 1.807) is 12.1 Å². The van der Waals surface area contributed by atoms with Crippen LogP contribution < -0.4 is 15.8 Å². The Labute approximate surface area is 166 Å². The summed E-state index contributed by atoms with van der Waals surface area (Å²) in [6.07, 6.45) is 1.24. The van der Waals surface area contributed by atoms with Gasteiger partial charge >= 0.3 is 5.76 Å². The van der Waals surface area contributed by atoms with Crippen molar-refractivity contribution < 1.29 is 23.1 Å². The van der Waals surface area contributed by atoms with Gasteiger partial charge in [0.1, 0.15) is 11.6 Å². The third-order valence-corrected chi connectivity index (χ3v) is 4.83. The number of fused-ring (bicyclic) bond motifs is 2. The van der Waals surface area contributed by atoms with E-state index in [0.717, 1.165) is 5.52 Å². The van der Waals surface area contributed by atoms with E-state index in [1.807, 2.05) is 12.1 Å². The van der Waals surface area contributed by atoms with Gasteiger partial charge in [-0.2, -0.15) is 0 Å². The zero-order valence-electron chi connectivity index (χ0n) is 15.8. The van der Waals surface area contributed by atoms with Gasteiger partial charge in [-0.05, 0) is 42.7 Å². The van der Waals surface area contributed by atoms with Crippen molar-refractivity contribution in [2.75, 3.05) is 13.3 Å². The molecule has 2 heterocycles. The highest BCUT2D eigenvalue weighted by Crippen LogP contribution is 2.29. The number of hydrogen-bond acceptors (Lipinski definition) is 5. The largest absolute Gasteiger partial charge is 0.467 e. The van der Waals surface area contributed by atoms with Crippen molar-refractivity contribution in [3.05, 3.63) is 63.9 Å². The number of carbonyl (C=O) groups excluding carboxylic acids is 1. The summed E-state index contributed by atoms with van der Waals surface area (Å²) in [5, 5.41) is 2.83. The van der Waals surface area contributed by atoms with Crippen LogP contribution in [0, 0.1) is 5.82 Å². The lowest BCUT2D eigenvalue weighted by atomic mass is 10.1. The first-order valence-corrected chi connectivity index (χ1v) is 9.49. The van der Waals surface area contributed by atoms with Crippen LogP contribution in [0.4, 0.5) is 4.39 Å². The van der Waals surface area contributed by atoms with Gasteiger partial charge in [0.25, 0.3) is 0 Å². The van der Waals surface area contributed by atoms with Gasteiger partial charge in [-0.3, -0.25) is 9.36 Å². The predicted octanol–water partition coefficient (Wildman–Crippen LogP) is 2.74. The summed E-state index contributed by atoms with van der Waals surface area (Å²) in [7, 11) is 0. The van der Waals surface area contributed by atoms with E-state index in [9.17, 15) is 14.0 Å². The fourth-order valence-corrected chi connectivity index (χ4v) is 3.49. The number of carbonyl (C=O) groups is 1. The number of halogens is 1. The monoisotopic (exact) mass is 400 g/mol. The molecule has 0 bridgehead atoms. The summed E-state index contributed by atoms with van der Waals surface area (Å²) in [5.74, 6) is -0.262. The topological polar surface area (TPSA) is 82.7 Å². The normalized spacial score (nSPS) is 13.1. The summed E-state index contributed by atoms with van der Waals surface area (Å²) in [5.41, 5.74) is 2.64. The maximum absolute atomic E-state index is 13.8. The van der Waals surface area contributed by atoms with E-state index in [-0.39, 0.29) is 24.9 Å². The van der Waals surface area contributed by atoms with Crippen molar-refractivity contribution in [1.29, 1.82) is 0 Å². The number of nitrogens with zero attached hydrogens (tertiary/aromatic N) is 1. The number of aromatic nitrogens is 1. The summed E-state index contributed by atoms with van der Waals surface area (Å²) < 4.78 is 31.1. The molecule has 0 aliphatic carbocycles. The molecule has 152 valence electrons. The van der Waals surface area contributed by atoms with Crippen molar-refractivity contribution in [2.24, 2.45) is 0 Å². The molecule has 3 aromatic rings. The molecule has 8 heteroatoms. The third kappa shape index (κ3) is 4.32. The summed E-state index contributed by atoms with van der Waals surface area (Å²) in [4.78, 5) is 24.1. The number of nitrogens with one attached hydrogen (secondary N) is 1. The molecule has 1 aliphatic rings. The molecular formula is C21H21FN2O5. The van der Waals surface area contributed by atoms with E-state index in [0.29, 0.717) is 55.0 Å². The second-order valence-corrected chi connectivity index (χ2v) is 6.85. The fourth-order valence-electron chi connectivity index (χ4n) is 3.49. The fraction of sp³-hybridized carbons (Fsp3) is 0.333. The molecule has 1 aliphatic heterocycles. The van der Waals surface area contributed by atoms with Gasteiger partial charge in [0.05, 0.1) is 12.1 Å². The molecule has 0 atom stereocenters. The van der Waals surface area contributed by atoms with Crippen LogP contribution in [-0.2, 0) is 29.1 Å². The lowest BCUT2D eigenvalue weighted by Gasteiger charge is -2.21. The maximum Gasteiger partial charge on any atom is 0.419 e. The van der Waals surface area contributed by atoms with Crippen molar-refractivity contribution in [3.8, 4) is 5.75 Å². The standard InChI is InChI=1S/C21H21FN2O5/c22-16-10-14(20-15(11-16)12-27-13-28-20)7-8-23-19(25)6-3-9-24-17-4-1-2-5-18(17)29-21(24)26/h1-2,4-5,10-11H,3,6-9,12-13H2,(H,23,25). The highest BCUT2D eigenvalue weighted by molar-refractivity contribution is 5.76. The van der Waals surface area contributed by atoms with E-state index in [1.165, 1.54) is 16.7 Å². The Kier molecular flexibility index (Phi) is 5.62. The molecule has 1 aromatic heterocycles. The molecule has 0 spiro atoms. The predicted molar refractivity (Wildman–Crippen MR) is 103 cm³/mol. The Balaban J connectivity index is 1.27. The van der Waals surface area contributed by atoms with Crippen molar-refractivity contribution >= 4 is 17.0 Å². The molecule has 4 rings (SSSR count). The number of benzene rings is 2. The molecule has 1 amide bonds. The van der Waals surface area contributed by atoms with Gasteiger partial charge < -0.3 is 19.2 Å². The molecule has 0 radical (unpaired) electrons. The summed E-state index contributed by atoms with van der Waals surface area (Å²) >= 11 is 0. The first-order valence-electron chi connectivity index (χ1n) is 9.49. The van der Waals surface area contributed by atoms with E-state index in [2.05, 4.69) is 5.32 Å². The molecule has 2 aromatic carbocycles. The minimum absolute atomic E-state index is 0.125. The third-order valence-electron chi connectivity index (χ3n) is 4.83. The number of hydrogen-bond donors (Lipinski definition) is 1. The van der Waals surface area contributed by atoms with Crippen LogP contribution in [0.3, 0.4) is 0 Å². The number of para-hydroxylation sites is 2. The van der Waals surface area contributed by atoms with Gasteiger partial charge in [-0.15, -0.1) is 0 Å². The van der Waals surface area contributed by atoms with Gasteiger partial charge in [0.15, 0.2) is 12.4 Å². The zero-order chi connectivity index (χ0) is 20.2. The van der Waals surface area contributed by atoms with Crippen LogP contribution >= 0.6 is 0 Å². The van der Waals surface area contributed by atoms with E-state index in [4.69, 9.17) is 13.9 Å². The summed E-state index contributed by atoms with van der Waals surface area (Å²) in [6, 6.07) is 10.0. The van der Waals surface area contributed by atoms with Crippen molar-refractivity contribution in [2.45, 2.75) is 32.4 Å². The number of rotatable bonds is 7. The van der Waals surface area contributed by atoms with Crippen LogP contribution in [0.1, 0.15) is 24.0 Å². The number of aryl methyl sites for hydroxylation is 1. The quantitative estimate of drug-likeness (QED) is 0.659. The zero-order valence-corrected chi connectivity index (χ0v) is 15.8. The average molecular weight is 400 g/mol. The highest BCUT2D eigenvalue weighted by Gasteiger charge is 2.17. The molecule has 0 unspecified atom stereocenters. The molecule has 1 N–H and O–H groups in total.